The number of nitrogens with zero attached hydrogens (tertiary/aromatic N) is 2. The first kappa shape index (κ1) is 20.9. The first-order valence-electron chi connectivity index (χ1n) is 11.5. The van der Waals surface area contributed by atoms with Crippen molar-refractivity contribution in [3.8, 4) is 17.2 Å². The maximum atomic E-state index is 13.0. The summed E-state index contributed by atoms with van der Waals surface area (Å²) in [6.07, 6.45) is 6.09. The van der Waals surface area contributed by atoms with E-state index in [0.29, 0.717) is 23.3 Å². The molecule has 1 aromatic heterocycles. The maximum Gasteiger partial charge on any atom is 0.314 e. The summed E-state index contributed by atoms with van der Waals surface area (Å²) in [5.74, 6) is 1.64. The SMILES string of the molecule is C[C@@H]1[C@@H](C)[C@@H]2CNC[C@@]23C(=O)O[C@H](C)[C@H]3[C@H]1/C=C/c1ccc(-c2ccccc2C#N)cn1. The molecule has 3 fully saturated rings. The Kier molecular flexibility index (Phi) is 5.14. The van der Waals surface area contributed by atoms with E-state index in [1.165, 1.54) is 0 Å². The minimum Gasteiger partial charge on any atom is -0.462 e. The summed E-state index contributed by atoms with van der Waals surface area (Å²) in [5.41, 5.74) is 2.94. The van der Waals surface area contributed by atoms with Gasteiger partial charge in [0.05, 0.1) is 22.7 Å². The van der Waals surface area contributed by atoms with Crippen molar-refractivity contribution in [1.82, 2.24) is 10.3 Å². The highest BCUT2D eigenvalue weighted by Gasteiger charge is 2.68. The lowest BCUT2D eigenvalue weighted by Crippen LogP contribution is -2.53. The number of nitrogens with one attached hydrogen (secondary N) is 1. The zero-order valence-corrected chi connectivity index (χ0v) is 18.8. The van der Waals surface area contributed by atoms with Crippen LogP contribution in [-0.4, -0.2) is 30.1 Å². The van der Waals surface area contributed by atoms with Crippen LogP contribution in [0.15, 0.2) is 48.7 Å². The zero-order chi connectivity index (χ0) is 22.5. The number of carbonyl (C=O) groups is 1. The molecule has 0 bridgehead atoms. The molecule has 1 aliphatic carbocycles. The van der Waals surface area contributed by atoms with Gasteiger partial charge in [-0.1, -0.05) is 44.2 Å². The number of cyclic esters (lactones) is 1. The van der Waals surface area contributed by atoms with Gasteiger partial charge in [0.1, 0.15) is 6.10 Å². The third-order valence-corrected chi connectivity index (χ3v) is 8.34. The fourth-order valence-electron chi connectivity index (χ4n) is 6.60. The second-order valence-electron chi connectivity index (χ2n) is 9.70. The third kappa shape index (κ3) is 3.01. The number of hydrogen-bond donors (Lipinski definition) is 1. The summed E-state index contributed by atoms with van der Waals surface area (Å²) in [6, 6.07) is 13.8. The average molecular weight is 428 g/mol. The predicted molar refractivity (Wildman–Crippen MR) is 123 cm³/mol. The third-order valence-electron chi connectivity index (χ3n) is 8.34. The van der Waals surface area contributed by atoms with E-state index in [9.17, 15) is 10.1 Å². The molecular formula is C27H29N3O2. The van der Waals surface area contributed by atoms with Gasteiger partial charge in [-0.2, -0.15) is 5.26 Å². The second-order valence-corrected chi connectivity index (χ2v) is 9.70. The molecule has 164 valence electrons. The van der Waals surface area contributed by atoms with Crippen molar-refractivity contribution in [3.63, 3.8) is 0 Å². The largest absolute Gasteiger partial charge is 0.462 e. The van der Waals surface area contributed by atoms with Gasteiger partial charge in [0.2, 0.25) is 0 Å². The van der Waals surface area contributed by atoms with Crippen LogP contribution >= 0.6 is 0 Å². The Bertz CT molecular complexity index is 1100. The molecule has 1 spiro atoms. The number of pyridine rings is 1. The number of ether oxygens (including phenoxy) is 1. The van der Waals surface area contributed by atoms with Crippen LogP contribution in [0.4, 0.5) is 0 Å². The minimum absolute atomic E-state index is 0.0132. The molecule has 2 saturated heterocycles. The first-order chi connectivity index (χ1) is 15.5. The summed E-state index contributed by atoms with van der Waals surface area (Å²) in [4.78, 5) is 17.6. The molecule has 3 heterocycles. The van der Waals surface area contributed by atoms with Gasteiger partial charge < -0.3 is 10.1 Å². The van der Waals surface area contributed by atoms with Gasteiger partial charge in [0.15, 0.2) is 0 Å². The predicted octanol–water partition coefficient (Wildman–Crippen LogP) is 4.30. The second kappa shape index (κ2) is 7.86. The number of rotatable bonds is 3. The van der Waals surface area contributed by atoms with E-state index < -0.39 is 5.41 Å². The van der Waals surface area contributed by atoms with Crippen molar-refractivity contribution >= 4 is 12.0 Å². The monoisotopic (exact) mass is 427 g/mol. The quantitative estimate of drug-likeness (QED) is 0.739. The molecule has 1 N–H and O–H groups in total. The minimum atomic E-state index is -0.404. The van der Waals surface area contributed by atoms with E-state index in [-0.39, 0.29) is 23.9 Å². The molecule has 3 aliphatic rings. The van der Waals surface area contributed by atoms with Gasteiger partial charge in [-0.3, -0.25) is 9.78 Å². The highest BCUT2D eigenvalue weighted by Crippen LogP contribution is 2.60. The van der Waals surface area contributed by atoms with Crippen LogP contribution in [0.2, 0.25) is 0 Å². The van der Waals surface area contributed by atoms with Crippen LogP contribution in [0.3, 0.4) is 0 Å². The molecule has 5 rings (SSSR count). The topological polar surface area (TPSA) is 75.0 Å². The van der Waals surface area contributed by atoms with Gasteiger partial charge in [-0.05, 0) is 55.3 Å². The number of carbonyl (C=O) groups excluding carboxylic acids is 1. The van der Waals surface area contributed by atoms with Gasteiger partial charge in [0.25, 0.3) is 0 Å². The molecule has 0 radical (unpaired) electrons. The number of esters is 1. The standard InChI is InChI=1S/C27H29N3O2/c1-16-17(2)24-14-29-15-27(24)25(18(3)32-26(27)31)22(16)11-10-21-9-8-20(13-30-21)23-7-5-4-6-19(23)12-28/h4-11,13,16-18,22,24-25,29H,14-15H2,1-3H3/b11-10+/t16-,17-,18-,22+,24+,25+,27-/m1/s1. The van der Waals surface area contributed by atoms with Crippen LogP contribution in [0.5, 0.6) is 0 Å². The van der Waals surface area contributed by atoms with Gasteiger partial charge in [-0.15, -0.1) is 0 Å². The molecular weight excluding hydrogens is 398 g/mol. The number of aromatic nitrogens is 1. The van der Waals surface area contributed by atoms with Crippen molar-refractivity contribution in [2.75, 3.05) is 13.1 Å². The molecule has 2 aliphatic heterocycles. The van der Waals surface area contributed by atoms with E-state index in [2.05, 4.69) is 49.3 Å². The van der Waals surface area contributed by atoms with Crippen molar-refractivity contribution in [3.05, 3.63) is 59.9 Å². The van der Waals surface area contributed by atoms with Crippen molar-refractivity contribution in [1.29, 1.82) is 5.26 Å². The summed E-state index contributed by atoms with van der Waals surface area (Å²) < 4.78 is 5.82. The van der Waals surface area contributed by atoms with Crippen LogP contribution < -0.4 is 5.32 Å². The average Bonchev–Trinajstić information content (AvgIpc) is 3.36. The summed E-state index contributed by atoms with van der Waals surface area (Å²) in [5, 5.41) is 12.9. The Morgan fingerprint density at radius 1 is 1.19 bits per heavy atom. The summed E-state index contributed by atoms with van der Waals surface area (Å²) in [7, 11) is 0. The molecule has 5 heteroatoms. The lowest BCUT2D eigenvalue weighted by molar-refractivity contribution is -0.151. The Morgan fingerprint density at radius 2 is 2.00 bits per heavy atom. The lowest BCUT2D eigenvalue weighted by atomic mass is 9.51. The van der Waals surface area contributed by atoms with E-state index in [1.807, 2.05) is 42.6 Å². The van der Waals surface area contributed by atoms with Gasteiger partial charge in [0, 0.05) is 29.8 Å². The number of nitriles is 1. The maximum absolute atomic E-state index is 13.0. The van der Waals surface area contributed by atoms with E-state index in [1.54, 1.807) is 0 Å². The Morgan fingerprint density at radius 3 is 2.75 bits per heavy atom. The molecule has 0 unspecified atom stereocenters. The molecule has 5 nitrogen and oxygen atoms in total. The Balaban J connectivity index is 1.44. The fraction of sp³-hybridized carbons (Fsp3) is 0.444. The van der Waals surface area contributed by atoms with Crippen LogP contribution in [0.25, 0.3) is 17.2 Å². The van der Waals surface area contributed by atoms with Crippen LogP contribution in [0.1, 0.15) is 32.0 Å². The highest BCUT2D eigenvalue weighted by atomic mass is 16.6. The summed E-state index contributed by atoms with van der Waals surface area (Å²) >= 11 is 0. The van der Waals surface area contributed by atoms with Crippen LogP contribution in [0, 0.1) is 46.3 Å². The first-order valence-corrected chi connectivity index (χ1v) is 11.5. The molecule has 7 atom stereocenters. The van der Waals surface area contributed by atoms with Crippen LogP contribution in [-0.2, 0) is 9.53 Å². The Labute approximate surface area is 189 Å². The zero-order valence-electron chi connectivity index (χ0n) is 18.8. The normalized spacial score (nSPS) is 35.9. The number of hydrogen-bond acceptors (Lipinski definition) is 5. The molecule has 32 heavy (non-hydrogen) atoms. The number of allylic oxidation sites excluding steroid dienone is 1. The van der Waals surface area contributed by atoms with E-state index >= 15 is 0 Å². The van der Waals surface area contributed by atoms with Crippen molar-refractivity contribution in [2.45, 2.75) is 26.9 Å². The lowest BCUT2D eigenvalue weighted by Gasteiger charge is -2.49. The fourth-order valence-corrected chi connectivity index (χ4v) is 6.60. The molecule has 1 aromatic carbocycles. The summed E-state index contributed by atoms with van der Waals surface area (Å²) in [6.45, 7) is 8.27. The van der Waals surface area contributed by atoms with E-state index in [0.717, 1.165) is 29.9 Å². The van der Waals surface area contributed by atoms with Gasteiger partial charge >= 0.3 is 5.97 Å². The molecule has 1 saturated carbocycles. The van der Waals surface area contributed by atoms with Crippen molar-refractivity contribution in [2.24, 2.45) is 35.0 Å². The van der Waals surface area contributed by atoms with Gasteiger partial charge in [-0.25, -0.2) is 0 Å². The van der Waals surface area contributed by atoms with Crippen molar-refractivity contribution < 1.29 is 9.53 Å². The highest BCUT2D eigenvalue weighted by molar-refractivity contribution is 5.81. The Hall–Kier alpha value is -2.97. The molecule has 2 aromatic rings. The number of benzene rings is 1. The molecule has 0 amide bonds. The smallest absolute Gasteiger partial charge is 0.314 e. The van der Waals surface area contributed by atoms with E-state index in [4.69, 9.17) is 4.74 Å².